The van der Waals surface area contributed by atoms with E-state index in [2.05, 4.69) is 10.3 Å². The number of halogens is 1. The van der Waals surface area contributed by atoms with Crippen molar-refractivity contribution in [1.29, 1.82) is 0 Å². The smallest absolute Gasteiger partial charge is 0.408 e. The number of carbonyl (C=O) groups is 1. The van der Waals surface area contributed by atoms with E-state index in [-0.39, 0.29) is 5.69 Å². The molecule has 0 bridgehead atoms. The van der Waals surface area contributed by atoms with Gasteiger partial charge in [-0.25, -0.2) is 14.2 Å². The number of hydrogen-bond acceptors (Lipinski definition) is 4. The summed E-state index contributed by atoms with van der Waals surface area (Å²) in [4.78, 5) is 16.8. The Morgan fingerprint density at radius 2 is 1.89 bits per heavy atom. The SMILES string of the molecule is C[C@H](NC(=O)OC(C)(C)C)c1nc2ccc(F)c(N)c2n1-c1ccccc1. The van der Waals surface area contributed by atoms with E-state index in [4.69, 9.17) is 10.5 Å². The highest BCUT2D eigenvalue weighted by Gasteiger charge is 2.24. The maximum Gasteiger partial charge on any atom is 0.408 e. The summed E-state index contributed by atoms with van der Waals surface area (Å²) in [6.07, 6.45) is -0.555. The van der Waals surface area contributed by atoms with Gasteiger partial charge in [0, 0.05) is 5.69 Å². The first-order valence-electron chi connectivity index (χ1n) is 8.68. The molecule has 0 fully saturated rings. The van der Waals surface area contributed by atoms with Crippen molar-refractivity contribution in [2.75, 3.05) is 5.73 Å². The number of imidazole rings is 1. The molecule has 0 radical (unpaired) electrons. The van der Waals surface area contributed by atoms with Gasteiger partial charge in [-0.3, -0.25) is 4.57 Å². The normalized spacial score (nSPS) is 12.8. The second kappa shape index (κ2) is 6.90. The Balaban J connectivity index is 2.10. The second-order valence-corrected chi connectivity index (χ2v) is 7.34. The predicted octanol–water partition coefficient (Wildman–Crippen LogP) is 4.33. The summed E-state index contributed by atoms with van der Waals surface area (Å²) in [5.41, 5.74) is 7.19. The lowest BCUT2D eigenvalue weighted by atomic mass is 10.2. The van der Waals surface area contributed by atoms with E-state index in [1.807, 2.05) is 30.3 Å². The number of carbonyl (C=O) groups excluding carboxylic acids is 1. The Labute approximate surface area is 157 Å². The van der Waals surface area contributed by atoms with Crippen LogP contribution in [0.15, 0.2) is 42.5 Å². The number of rotatable bonds is 3. The Morgan fingerprint density at radius 1 is 1.22 bits per heavy atom. The van der Waals surface area contributed by atoms with Gasteiger partial charge >= 0.3 is 6.09 Å². The van der Waals surface area contributed by atoms with Gasteiger partial charge in [0.15, 0.2) is 0 Å². The highest BCUT2D eigenvalue weighted by molar-refractivity contribution is 5.90. The molecule has 0 saturated heterocycles. The molecular formula is C20H23FN4O2. The fourth-order valence-electron chi connectivity index (χ4n) is 2.86. The third-order valence-corrected chi connectivity index (χ3v) is 3.97. The van der Waals surface area contributed by atoms with Crippen molar-refractivity contribution in [2.24, 2.45) is 0 Å². The van der Waals surface area contributed by atoms with Crippen LogP contribution >= 0.6 is 0 Å². The molecule has 0 unspecified atom stereocenters. The number of fused-ring (bicyclic) bond motifs is 1. The van der Waals surface area contributed by atoms with Crippen molar-refractivity contribution in [2.45, 2.75) is 39.3 Å². The molecule has 1 aromatic heterocycles. The molecule has 0 aliphatic heterocycles. The highest BCUT2D eigenvalue weighted by Crippen LogP contribution is 2.30. The minimum absolute atomic E-state index is 0.0135. The molecule has 2 aromatic carbocycles. The van der Waals surface area contributed by atoms with Gasteiger partial charge in [-0.2, -0.15) is 0 Å². The maximum atomic E-state index is 14.1. The second-order valence-electron chi connectivity index (χ2n) is 7.34. The summed E-state index contributed by atoms with van der Waals surface area (Å²) in [5, 5.41) is 2.78. The summed E-state index contributed by atoms with van der Waals surface area (Å²) >= 11 is 0. The van der Waals surface area contributed by atoms with Gasteiger partial charge in [0.2, 0.25) is 0 Å². The van der Waals surface area contributed by atoms with Gasteiger partial charge in [0.1, 0.15) is 17.2 Å². The minimum Gasteiger partial charge on any atom is -0.444 e. The zero-order chi connectivity index (χ0) is 19.8. The number of nitrogens with one attached hydrogen (secondary N) is 1. The first-order valence-corrected chi connectivity index (χ1v) is 8.68. The molecule has 1 amide bonds. The van der Waals surface area contributed by atoms with Gasteiger partial charge in [0.05, 0.1) is 22.8 Å². The number of hydrogen-bond donors (Lipinski definition) is 2. The van der Waals surface area contributed by atoms with Crippen LogP contribution in [0.3, 0.4) is 0 Å². The monoisotopic (exact) mass is 370 g/mol. The molecular weight excluding hydrogens is 347 g/mol. The molecule has 0 aliphatic rings. The van der Waals surface area contributed by atoms with Crippen LogP contribution < -0.4 is 11.1 Å². The Hall–Kier alpha value is -3.09. The molecule has 0 spiro atoms. The summed E-state index contributed by atoms with van der Waals surface area (Å²) in [6, 6.07) is 11.7. The number of nitrogens with two attached hydrogens (primary N) is 1. The van der Waals surface area contributed by atoms with Gasteiger partial charge in [-0.15, -0.1) is 0 Å². The highest BCUT2D eigenvalue weighted by atomic mass is 19.1. The molecule has 3 N–H and O–H groups in total. The fourth-order valence-corrected chi connectivity index (χ4v) is 2.86. The molecule has 3 rings (SSSR count). The molecule has 0 aliphatic carbocycles. The van der Waals surface area contributed by atoms with E-state index in [0.717, 1.165) is 5.69 Å². The van der Waals surface area contributed by atoms with E-state index in [1.54, 1.807) is 38.3 Å². The third kappa shape index (κ3) is 3.86. The van der Waals surface area contributed by atoms with Crippen molar-refractivity contribution < 1.29 is 13.9 Å². The molecule has 6 nitrogen and oxygen atoms in total. The number of alkyl carbamates (subject to hydrolysis) is 1. The van der Waals surface area contributed by atoms with Crippen molar-refractivity contribution in [3.63, 3.8) is 0 Å². The summed E-state index contributed by atoms with van der Waals surface area (Å²) in [6.45, 7) is 7.16. The summed E-state index contributed by atoms with van der Waals surface area (Å²) in [5.74, 6) is 0.0123. The number of ether oxygens (including phenoxy) is 1. The molecule has 7 heteroatoms. The van der Waals surface area contributed by atoms with Gasteiger partial charge in [0.25, 0.3) is 0 Å². The lowest BCUT2D eigenvalue weighted by Crippen LogP contribution is -2.34. The molecule has 1 heterocycles. The average Bonchev–Trinajstić information content (AvgIpc) is 2.97. The van der Waals surface area contributed by atoms with E-state index in [0.29, 0.717) is 16.9 Å². The Bertz CT molecular complexity index is 977. The van der Waals surface area contributed by atoms with E-state index in [1.165, 1.54) is 6.07 Å². The largest absolute Gasteiger partial charge is 0.444 e. The standard InChI is InChI=1S/C20H23FN4O2/c1-12(23-19(26)27-20(2,3)4)18-24-15-11-10-14(21)16(22)17(15)25(18)13-8-6-5-7-9-13/h5-12H,22H2,1-4H3,(H,23,26)/t12-/m0/s1. The summed E-state index contributed by atoms with van der Waals surface area (Å²) < 4.78 is 21.2. The van der Waals surface area contributed by atoms with E-state index < -0.39 is 23.6 Å². The Kier molecular flexibility index (Phi) is 4.78. The molecule has 27 heavy (non-hydrogen) atoms. The number of anilines is 1. The minimum atomic E-state index is -0.614. The van der Waals surface area contributed by atoms with Gasteiger partial charge < -0.3 is 15.8 Å². The number of nitrogens with zero attached hydrogens (tertiary/aromatic N) is 2. The van der Waals surface area contributed by atoms with Crippen LogP contribution in [0.5, 0.6) is 0 Å². The van der Waals surface area contributed by atoms with E-state index in [9.17, 15) is 9.18 Å². The van der Waals surface area contributed by atoms with Crippen molar-refractivity contribution in [3.8, 4) is 5.69 Å². The van der Waals surface area contributed by atoms with Crippen molar-refractivity contribution in [3.05, 3.63) is 54.1 Å². The van der Waals surface area contributed by atoms with Crippen molar-refractivity contribution in [1.82, 2.24) is 14.9 Å². The number of para-hydroxylation sites is 1. The predicted molar refractivity (Wildman–Crippen MR) is 103 cm³/mol. The lowest BCUT2D eigenvalue weighted by Gasteiger charge is -2.22. The van der Waals surface area contributed by atoms with Crippen LogP contribution in [0.4, 0.5) is 14.9 Å². The zero-order valence-corrected chi connectivity index (χ0v) is 15.8. The Morgan fingerprint density at radius 3 is 2.52 bits per heavy atom. The summed E-state index contributed by atoms with van der Waals surface area (Å²) in [7, 11) is 0. The average molecular weight is 370 g/mol. The van der Waals surface area contributed by atoms with Crippen LogP contribution in [0, 0.1) is 5.82 Å². The number of benzene rings is 2. The fraction of sp³-hybridized carbons (Fsp3) is 0.300. The first-order chi connectivity index (χ1) is 12.7. The zero-order valence-electron chi connectivity index (χ0n) is 15.8. The van der Waals surface area contributed by atoms with Crippen LogP contribution in [-0.2, 0) is 4.74 Å². The van der Waals surface area contributed by atoms with E-state index >= 15 is 0 Å². The van der Waals surface area contributed by atoms with Crippen LogP contribution in [0.1, 0.15) is 39.6 Å². The molecule has 3 aromatic rings. The molecule has 142 valence electrons. The van der Waals surface area contributed by atoms with Crippen molar-refractivity contribution >= 4 is 22.8 Å². The maximum absolute atomic E-state index is 14.1. The number of aromatic nitrogens is 2. The lowest BCUT2D eigenvalue weighted by molar-refractivity contribution is 0.0505. The molecule has 0 saturated carbocycles. The third-order valence-electron chi connectivity index (χ3n) is 3.97. The van der Waals surface area contributed by atoms with Crippen LogP contribution in [0.25, 0.3) is 16.7 Å². The topological polar surface area (TPSA) is 82.2 Å². The quantitative estimate of drug-likeness (QED) is 0.672. The number of amides is 1. The van der Waals surface area contributed by atoms with Crippen LogP contribution in [0.2, 0.25) is 0 Å². The number of nitrogen functional groups attached to an aromatic ring is 1. The van der Waals surface area contributed by atoms with Crippen LogP contribution in [-0.4, -0.2) is 21.2 Å². The van der Waals surface area contributed by atoms with Gasteiger partial charge in [-0.1, -0.05) is 18.2 Å². The molecule has 1 atom stereocenters. The first kappa shape index (κ1) is 18.7. The van der Waals surface area contributed by atoms with Gasteiger partial charge in [-0.05, 0) is 52.0 Å².